The molecule has 0 aliphatic heterocycles. The molecule has 1 aromatic heterocycles. The molecule has 1 heterocycles. The van der Waals surface area contributed by atoms with Crippen LogP contribution in [0.5, 0.6) is 0 Å². The highest BCUT2D eigenvalue weighted by atomic mass is 16.5. The predicted octanol–water partition coefficient (Wildman–Crippen LogP) is 4.03. The number of fused-ring (bicyclic) bond motifs is 1. The van der Waals surface area contributed by atoms with E-state index >= 15 is 0 Å². The monoisotopic (exact) mass is 308 g/mol. The van der Waals surface area contributed by atoms with Crippen LogP contribution < -0.4 is 5.43 Å². The second-order valence-corrected chi connectivity index (χ2v) is 5.18. The average molecular weight is 308 g/mol. The minimum atomic E-state index is -0.349. The van der Waals surface area contributed by atoms with Crippen molar-refractivity contribution in [2.75, 3.05) is 6.61 Å². The summed E-state index contributed by atoms with van der Waals surface area (Å²) in [4.78, 5) is 23.9. The number of hydrogen-bond acceptors (Lipinski definition) is 4. The van der Waals surface area contributed by atoms with Crippen LogP contribution in [0.2, 0.25) is 0 Å². The minimum absolute atomic E-state index is 0.0896. The molecule has 2 aromatic carbocycles. The lowest BCUT2D eigenvalue weighted by atomic mass is 10.1. The summed E-state index contributed by atoms with van der Waals surface area (Å²) in [7, 11) is 0. The van der Waals surface area contributed by atoms with Crippen molar-refractivity contribution in [3.05, 3.63) is 70.4 Å². The molecule has 0 aliphatic carbocycles. The number of carbonyl (C=O) groups is 1. The molecule has 0 fully saturated rings. The first kappa shape index (κ1) is 15.0. The van der Waals surface area contributed by atoms with Crippen LogP contribution in [-0.4, -0.2) is 12.6 Å². The van der Waals surface area contributed by atoms with Crippen molar-refractivity contribution in [3.63, 3.8) is 0 Å². The van der Waals surface area contributed by atoms with E-state index in [1.54, 1.807) is 42.5 Å². The van der Waals surface area contributed by atoms with Crippen LogP contribution in [0, 0.1) is 0 Å². The van der Waals surface area contributed by atoms with Crippen molar-refractivity contribution in [3.8, 4) is 11.3 Å². The Balaban J connectivity index is 1.93. The molecular weight excluding hydrogens is 292 g/mol. The van der Waals surface area contributed by atoms with Crippen LogP contribution >= 0.6 is 0 Å². The fourth-order valence-electron chi connectivity index (χ4n) is 2.29. The minimum Gasteiger partial charge on any atom is -0.462 e. The predicted molar refractivity (Wildman–Crippen MR) is 88.5 cm³/mol. The largest absolute Gasteiger partial charge is 0.462 e. The fourth-order valence-corrected chi connectivity index (χ4v) is 2.29. The molecule has 0 bridgehead atoms. The summed E-state index contributed by atoms with van der Waals surface area (Å²) < 4.78 is 10.9. The first-order valence-electron chi connectivity index (χ1n) is 7.49. The zero-order valence-electron chi connectivity index (χ0n) is 12.7. The van der Waals surface area contributed by atoms with Crippen molar-refractivity contribution in [1.82, 2.24) is 0 Å². The molecule has 0 unspecified atom stereocenters. The Morgan fingerprint density at radius 3 is 2.57 bits per heavy atom. The number of esters is 1. The van der Waals surface area contributed by atoms with E-state index in [1.165, 1.54) is 6.07 Å². The van der Waals surface area contributed by atoms with Crippen molar-refractivity contribution in [2.24, 2.45) is 0 Å². The Morgan fingerprint density at radius 1 is 1.09 bits per heavy atom. The molecule has 0 aliphatic rings. The van der Waals surface area contributed by atoms with Gasteiger partial charge in [0.1, 0.15) is 11.3 Å². The summed E-state index contributed by atoms with van der Waals surface area (Å²) in [6.45, 7) is 2.35. The maximum absolute atomic E-state index is 12.1. The van der Waals surface area contributed by atoms with Crippen molar-refractivity contribution in [2.45, 2.75) is 13.3 Å². The molecule has 116 valence electrons. The van der Waals surface area contributed by atoms with Crippen LogP contribution in [0.1, 0.15) is 23.7 Å². The van der Waals surface area contributed by atoms with E-state index in [2.05, 4.69) is 0 Å². The number of benzene rings is 2. The van der Waals surface area contributed by atoms with Crippen LogP contribution in [0.4, 0.5) is 0 Å². The van der Waals surface area contributed by atoms with E-state index in [9.17, 15) is 9.59 Å². The van der Waals surface area contributed by atoms with E-state index in [-0.39, 0.29) is 11.4 Å². The van der Waals surface area contributed by atoms with E-state index in [0.717, 1.165) is 12.0 Å². The highest BCUT2D eigenvalue weighted by Crippen LogP contribution is 2.22. The van der Waals surface area contributed by atoms with Gasteiger partial charge < -0.3 is 9.15 Å². The molecule has 4 heteroatoms. The standard InChI is InChI=1S/C19H16O4/c1-2-11-22-19(21)14-9-7-13(8-10-14)18-12-16(20)15-5-3-4-6-17(15)23-18/h3-10,12H,2,11H2,1H3. The number of hydrogen-bond donors (Lipinski definition) is 0. The fraction of sp³-hybridized carbons (Fsp3) is 0.158. The first-order valence-corrected chi connectivity index (χ1v) is 7.49. The summed E-state index contributed by atoms with van der Waals surface area (Å²) >= 11 is 0. The summed E-state index contributed by atoms with van der Waals surface area (Å²) in [6.07, 6.45) is 0.784. The summed E-state index contributed by atoms with van der Waals surface area (Å²) in [5, 5.41) is 0.552. The molecule has 23 heavy (non-hydrogen) atoms. The molecule has 0 N–H and O–H groups in total. The van der Waals surface area contributed by atoms with Crippen LogP contribution in [0.25, 0.3) is 22.3 Å². The van der Waals surface area contributed by atoms with E-state index in [4.69, 9.17) is 9.15 Å². The van der Waals surface area contributed by atoms with Crippen molar-refractivity contribution in [1.29, 1.82) is 0 Å². The zero-order chi connectivity index (χ0) is 16.2. The third-order valence-electron chi connectivity index (χ3n) is 3.48. The normalized spacial score (nSPS) is 10.7. The first-order chi connectivity index (χ1) is 11.2. The smallest absolute Gasteiger partial charge is 0.338 e. The van der Waals surface area contributed by atoms with Crippen LogP contribution in [0.3, 0.4) is 0 Å². The van der Waals surface area contributed by atoms with Gasteiger partial charge in [0.25, 0.3) is 0 Å². The average Bonchev–Trinajstić information content (AvgIpc) is 2.60. The molecule has 0 saturated carbocycles. The molecule has 0 atom stereocenters. The summed E-state index contributed by atoms with van der Waals surface area (Å²) in [6, 6.07) is 15.4. The maximum atomic E-state index is 12.1. The Kier molecular flexibility index (Phi) is 4.24. The second-order valence-electron chi connectivity index (χ2n) is 5.18. The molecule has 0 amide bonds. The third-order valence-corrected chi connectivity index (χ3v) is 3.48. The van der Waals surface area contributed by atoms with Crippen molar-refractivity contribution >= 4 is 16.9 Å². The summed E-state index contributed by atoms with van der Waals surface area (Å²) in [5.41, 5.74) is 1.67. The molecule has 0 spiro atoms. The van der Waals surface area contributed by atoms with Crippen LogP contribution in [-0.2, 0) is 4.74 Å². The maximum Gasteiger partial charge on any atom is 0.338 e. The molecule has 0 radical (unpaired) electrons. The van der Waals surface area contributed by atoms with Gasteiger partial charge in [0.05, 0.1) is 17.6 Å². The number of ether oxygens (including phenoxy) is 1. The Morgan fingerprint density at radius 2 is 1.83 bits per heavy atom. The second kappa shape index (κ2) is 6.48. The Labute approximate surface area is 133 Å². The van der Waals surface area contributed by atoms with Gasteiger partial charge in [-0.2, -0.15) is 0 Å². The molecular formula is C19H16O4. The van der Waals surface area contributed by atoms with Gasteiger partial charge in [-0.05, 0) is 30.7 Å². The topological polar surface area (TPSA) is 56.5 Å². The SMILES string of the molecule is CCCOC(=O)c1ccc(-c2cc(=O)c3ccccc3o2)cc1. The highest BCUT2D eigenvalue weighted by molar-refractivity contribution is 5.90. The molecule has 3 aromatic rings. The molecule has 4 nitrogen and oxygen atoms in total. The van der Waals surface area contributed by atoms with Gasteiger partial charge in [0, 0.05) is 11.6 Å². The number of rotatable bonds is 4. The van der Waals surface area contributed by atoms with Gasteiger partial charge in [-0.25, -0.2) is 4.79 Å². The molecule has 0 saturated heterocycles. The van der Waals surface area contributed by atoms with Gasteiger partial charge in [-0.3, -0.25) is 4.79 Å². The third kappa shape index (κ3) is 3.16. The van der Waals surface area contributed by atoms with Gasteiger partial charge in [0.2, 0.25) is 0 Å². The zero-order valence-corrected chi connectivity index (χ0v) is 12.7. The lowest BCUT2D eigenvalue weighted by Crippen LogP contribution is -2.05. The highest BCUT2D eigenvalue weighted by Gasteiger charge is 2.09. The van der Waals surface area contributed by atoms with Crippen LogP contribution in [0.15, 0.2) is 63.8 Å². The summed E-state index contributed by atoms with van der Waals surface area (Å²) in [5.74, 6) is 0.125. The van der Waals surface area contributed by atoms with E-state index in [1.807, 2.05) is 13.0 Å². The quantitative estimate of drug-likeness (QED) is 0.683. The van der Waals surface area contributed by atoms with Gasteiger partial charge in [0.15, 0.2) is 5.43 Å². The van der Waals surface area contributed by atoms with Crippen molar-refractivity contribution < 1.29 is 13.9 Å². The Hall–Kier alpha value is -2.88. The Bertz CT molecular complexity index is 891. The van der Waals surface area contributed by atoms with E-state index in [0.29, 0.717) is 28.9 Å². The lowest BCUT2D eigenvalue weighted by molar-refractivity contribution is 0.0505. The van der Waals surface area contributed by atoms with E-state index < -0.39 is 0 Å². The number of para-hydroxylation sites is 1. The van der Waals surface area contributed by atoms with Gasteiger partial charge in [-0.1, -0.05) is 31.2 Å². The number of carbonyl (C=O) groups excluding carboxylic acids is 1. The lowest BCUT2D eigenvalue weighted by Gasteiger charge is -2.05. The van der Waals surface area contributed by atoms with Gasteiger partial charge in [-0.15, -0.1) is 0 Å². The molecule has 3 rings (SSSR count). The van der Waals surface area contributed by atoms with Gasteiger partial charge >= 0.3 is 5.97 Å².